The zero-order chi connectivity index (χ0) is 32.9. The van der Waals surface area contributed by atoms with Crippen molar-refractivity contribution in [1.29, 1.82) is 0 Å². The van der Waals surface area contributed by atoms with Crippen molar-refractivity contribution in [2.24, 2.45) is 0 Å². The van der Waals surface area contributed by atoms with Gasteiger partial charge in [0.15, 0.2) is 0 Å². The zero-order valence-corrected chi connectivity index (χ0v) is 27.1. The smallest absolute Gasteiger partial charge is 0.352 e. The number of alkyl halides is 3. The van der Waals surface area contributed by atoms with Gasteiger partial charge in [0, 0.05) is 17.6 Å². The monoisotopic (exact) mass is 683 g/mol. The second-order valence-electron chi connectivity index (χ2n) is 11.0. The van der Waals surface area contributed by atoms with Crippen molar-refractivity contribution in [3.05, 3.63) is 93.5 Å². The quantitative estimate of drug-likeness (QED) is 0.229. The van der Waals surface area contributed by atoms with Gasteiger partial charge >= 0.3 is 6.18 Å². The fraction of sp³-hybridized carbons (Fsp3) is 0.375. The summed E-state index contributed by atoms with van der Waals surface area (Å²) in [4.78, 5) is 28.8. The molecule has 1 aliphatic carbocycles. The number of hydrogen-bond donors (Lipinski definition) is 1. The minimum Gasteiger partial charge on any atom is -0.352 e. The van der Waals surface area contributed by atoms with E-state index in [9.17, 15) is 31.2 Å². The molecule has 0 unspecified atom stereocenters. The van der Waals surface area contributed by atoms with Crippen LogP contribution in [0.4, 0.5) is 18.9 Å². The summed E-state index contributed by atoms with van der Waals surface area (Å²) in [6.07, 6.45) is -1.10. The second kappa shape index (κ2) is 14.4. The van der Waals surface area contributed by atoms with Crippen LogP contribution in [-0.2, 0) is 32.3 Å². The Balaban J connectivity index is 1.78. The Morgan fingerprint density at radius 1 is 0.978 bits per heavy atom. The van der Waals surface area contributed by atoms with Gasteiger partial charge < -0.3 is 10.2 Å². The number of carbonyl (C=O) groups excluding carboxylic acids is 2. The number of halogens is 5. The molecule has 4 rings (SSSR count). The minimum atomic E-state index is -4.89. The zero-order valence-electron chi connectivity index (χ0n) is 24.8. The number of benzene rings is 3. The van der Waals surface area contributed by atoms with Crippen LogP contribution in [0.5, 0.6) is 0 Å². The number of anilines is 1. The third kappa shape index (κ3) is 8.51. The maximum atomic E-state index is 14.2. The predicted molar refractivity (Wildman–Crippen MR) is 169 cm³/mol. The van der Waals surface area contributed by atoms with Gasteiger partial charge in [-0.3, -0.25) is 13.9 Å². The molecule has 2 amide bonds. The highest BCUT2D eigenvalue weighted by atomic mass is 35.5. The van der Waals surface area contributed by atoms with E-state index in [2.05, 4.69) is 5.32 Å². The van der Waals surface area contributed by atoms with E-state index in [-0.39, 0.29) is 29.8 Å². The molecule has 0 bridgehead atoms. The van der Waals surface area contributed by atoms with Crippen molar-refractivity contribution >= 4 is 50.7 Å². The van der Waals surface area contributed by atoms with Crippen molar-refractivity contribution in [3.63, 3.8) is 0 Å². The summed E-state index contributed by atoms with van der Waals surface area (Å²) in [5.41, 5.74) is -0.275. The van der Waals surface area contributed by atoms with Crippen LogP contribution < -0.4 is 9.62 Å². The summed E-state index contributed by atoms with van der Waals surface area (Å²) < 4.78 is 70.1. The maximum absolute atomic E-state index is 14.2. The third-order valence-corrected chi connectivity index (χ3v) is 10.2. The van der Waals surface area contributed by atoms with Crippen LogP contribution >= 0.6 is 23.2 Å². The number of amides is 2. The molecule has 1 N–H and O–H groups in total. The number of nitrogens with one attached hydrogen (secondary N) is 1. The van der Waals surface area contributed by atoms with Crippen LogP contribution in [0.3, 0.4) is 0 Å². The van der Waals surface area contributed by atoms with Crippen LogP contribution in [0.15, 0.2) is 71.6 Å². The van der Waals surface area contributed by atoms with E-state index in [4.69, 9.17) is 23.2 Å². The fourth-order valence-electron chi connectivity index (χ4n) is 5.33. The molecule has 0 heterocycles. The molecule has 1 atom stereocenters. The van der Waals surface area contributed by atoms with Gasteiger partial charge in [-0.1, -0.05) is 72.8 Å². The van der Waals surface area contributed by atoms with Gasteiger partial charge in [0.05, 0.1) is 21.2 Å². The molecule has 1 saturated carbocycles. The molecule has 13 heteroatoms. The van der Waals surface area contributed by atoms with Crippen LogP contribution in [0.2, 0.25) is 10.0 Å². The lowest BCUT2D eigenvalue weighted by atomic mass is 10.1. The van der Waals surface area contributed by atoms with E-state index in [1.165, 1.54) is 17.0 Å². The van der Waals surface area contributed by atoms with Gasteiger partial charge in [0.2, 0.25) is 11.8 Å². The van der Waals surface area contributed by atoms with Crippen molar-refractivity contribution in [2.45, 2.75) is 75.7 Å². The predicted octanol–water partition coefficient (Wildman–Crippen LogP) is 7.38. The molecular formula is C32H34Cl2F3N3O4S. The Morgan fingerprint density at radius 2 is 1.60 bits per heavy atom. The summed E-state index contributed by atoms with van der Waals surface area (Å²) in [5.74, 6) is -1.16. The summed E-state index contributed by atoms with van der Waals surface area (Å²) >= 11 is 11.9. The largest absolute Gasteiger partial charge is 0.417 e. The standard InChI is InChI=1S/C32H34Cl2F3N3O4S/c1-3-29(31(42)38-24-6-4-5-7-24)39(19-22-10-12-23(33)13-11-22)30(41)20-40(45(43,44)26-15-8-21(2)9-16-26)25-14-17-28(34)27(18-25)32(35,36)37/h8-18,24,29H,3-7,19-20H2,1-2H3,(H,38,42)/t29-/m1/s1. The number of aryl methyl sites for hydroxylation is 1. The van der Waals surface area contributed by atoms with E-state index in [0.29, 0.717) is 21.0 Å². The van der Waals surface area contributed by atoms with Gasteiger partial charge in [-0.15, -0.1) is 0 Å². The van der Waals surface area contributed by atoms with Crippen LogP contribution in [0, 0.1) is 6.92 Å². The van der Waals surface area contributed by atoms with E-state index in [1.54, 1.807) is 50.2 Å². The third-order valence-electron chi connectivity index (χ3n) is 7.78. The Labute approximate surface area is 271 Å². The van der Waals surface area contributed by atoms with Crippen molar-refractivity contribution < 1.29 is 31.2 Å². The molecule has 3 aromatic carbocycles. The molecule has 0 radical (unpaired) electrons. The number of sulfonamides is 1. The topological polar surface area (TPSA) is 86.8 Å². The Hall–Kier alpha value is -3.28. The normalized spacial score (nSPS) is 14.6. The van der Waals surface area contributed by atoms with Crippen LogP contribution in [-0.4, -0.2) is 43.8 Å². The molecule has 3 aromatic rings. The SMILES string of the molecule is CC[C@H](C(=O)NC1CCCC1)N(Cc1ccc(Cl)cc1)C(=O)CN(c1ccc(Cl)c(C(F)(F)F)c1)S(=O)(=O)c1ccc(C)cc1. The average Bonchev–Trinajstić information content (AvgIpc) is 3.49. The number of nitrogens with zero attached hydrogens (tertiary/aromatic N) is 2. The molecule has 7 nitrogen and oxygen atoms in total. The van der Waals surface area contributed by atoms with Crippen molar-refractivity contribution in [1.82, 2.24) is 10.2 Å². The Morgan fingerprint density at radius 3 is 2.18 bits per heavy atom. The molecule has 1 aliphatic rings. The summed E-state index contributed by atoms with van der Waals surface area (Å²) in [6.45, 7) is 2.54. The minimum absolute atomic E-state index is 0.0349. The lowest BCUT2D eigenvalue weighted by molar-refractivity contribution is -0.140. The number of rotatable bonds is 11. The van der Waals surface area contributed by atoms with Gasteiger partial charge in [-0.25, -0.2) is 8.42 Å². The van der Waals surface area contributed by atoms with Gasteiger partial charge in [-0.05, 0) is 74.2 Å². The maximum Gasteiger partial charge on any atom is 0.417 e. The lowest BCUT2D eigenvalue weighted by Crippen LogP contribution is -2.53. The van der Waals surface area contributed by atoms with E-state index in [1.807, 2.05) is 0 Å². The first-order valence-corrected chi connectivity index (χ1v) is 16.7. The molecule has 242 valence electrons. The summed E-state index contributed by atoms with van der Waals surface area (Å²) in [7, 11) is -4.57. The van der Waals surface area contributed by atoms with Crippen LogP contribution in [0.1, 0.15) is 55.7 Å². The first kappa shape index (κ1) is 34.6. The Kier molecular flexibility index (Phi) is 11.1. The summed E-state index contributed by atoms with van der Waals surface area (Å²) in [6, 6.07) is 14.0. The summed E-state index contributed by atoms with van der Waals surface area (Å²) in [5, 5.41) is 2.85. The molecule has 45 heavy (non-hydrogen) atoms. The molecule has 0 saturated heterocycles. The van der Waals surface area contributed by atoms with Crippen molar-refractivity contribution in [2.75, 3.05) is 10.8 Å². The van der Waals surface area contributed by atoms with E-state index in [0.717, 1.165) is 43.4 Å². The van der Waals surface area contributed by atoms with E-state index < -0.39 is 51.0 Å². The number of carbonyl (C=O) groups is 2. The highest BCUT2D eigenvalue weighted by molar-refractivity contribution is 7.92. The van der Waals surface area contributed by atoms with Crippen molar-refractivity contribution in [3.8, 4) is 0 Å². The first-order chi connectivity index (χ1) is 21.2. The molecular weight excluding hydrogens is 650 g/mol. The number of hydrogen-bond acceptors (Lipinski definition) is 4. The molecule has 1 fully saturated rings. The van der Waals surface area contributed by atoms with Gasteiger partial charge in [0.25, 0.3) is 10.0 Å². The van der Waals surface area contributed by atoms with Crippen LogP contribution in [0.25, 0.3) is 0 Å². The lowest BCUT2D eigenvalue weighted by Gasteiger charge is -2.34. The fourth-order valence-corrected chi connectivity index (χ4v) is 7.08. The molecule has 0 aliphatic heterocycles. The first-order valence-electron chi connectivity index (χ1n) is 14.5. The molecule has 0 spiro atoms. The van der Waals surface area contributed by atoms with Gasteiger partial charge in [-0.2, -0.15) is 13.2 Å². The van der Waals surface area contributed by atoms with E-state index >= 15 is 0 Å². The second-order valence-corrected chi connectivity index (χ2v) is 13.8. The molecule has 0 aromatic heterocycles. The Bertz CT molecular complexity index is 1610. The highest BCUT2D eigenvalue weighted by Crippen LogP contribution is 2.38. The van der Waals surface area contributed by atoms with Gasteiger partial charge in [0.1, 0.15) is 12.6 Å². The average molecular weight is 685 g/mol. The highest BCUT2D eigenvalue weighted by Gasteiger charge is 2.37.